The number of ether oxygens (including phenoxy) is 1. The smallest absolute Gasteiger partial charge is 0.343 e. The number of unbranched alkanes of at least 4 members (excludes halogenated alkanes) is 1. The number of aryl methyl sites for hydroxylation is 1. The van der Waals surface area contributed by atoms with Crippen LogP contribution in [0.15, 0.2) is 54.6 Å². The highest BCUT2D eigenvalue weighted by molar-refractivity contribution is 6.00. The molecular weight excluding hydrogens is 766 g/mol. The number of amides is 5. The van der Waals surface area contributed by atoms with E-state index in [4.69, 9.17) is 5.11 Å². The van der Waals surface area contributed by atoms with Gasteiger partial charge in [-0.25, -0.2) is 18.4 Å². The van der Waals surface area contributed by atoms with Crippen LogP contribution in [-0.2, 0) is 24.0 Å². The van der Waals surface area contributed by atoms with E-state index in [2.05, 4.69) is 31.3 Å². The normalized spacial score (nSPS) is 11.7. The Bertz CT molecular complexity index is 2010. The maximum absolute atomic E-state index is 13.9. The van der Waals surface area contributed by atoms with E-state index >= 15 is 0 Å². The molecular formula is C37H37F4N5O11. The summed E-state index contributed by atoms with van der Waals surface area (Å²) in [7, 11) is 0. The summed E-state index contributed by atoms with van der Waals surface area (Å²) in [5.74, 6) is -17.7. The van der Waals surface area contributed by atoms with Crippen LogP contribution in [0.25, 0.3) is 0 Å². The van der Waals surface area contributed by atoms with Gasteiger partial charge in [0.05, 0.1) is 18.7 Å². The summed E-state index contributed by atoms with van der Waals surface area (Å²) in [5, 5.41) is 30.2. The van der Waals surface area contributed by atoms with Gasteiger partial charge in [0, 0.05) is 30.2 Å². The van der Waals surface area contributed by atoms with E-state index in [1.54, 1.807) is 18.2 Å². The number of carboxylic acid groups (broad SMARTS) is 2. The van der Waals surface area contributed by atoms with Gasteiger partial charge in [0.25, 0.3) is 11.8 Å². The number of hydrogen-bond acceptors (Lipinski definition) is 9. The molecule has 0 fully saturated rings. The van der Waals surface area contributed by atoms with E-state index in [0.717, 1.165) is 29.8 Å². The Morgan fingerprint density at radius 2 is 1.23 bits per heavy atom. The Hall–Kier alpha value is -6.86. The van der Waals surface area contributed by atoms with Gasteiger partial charge in [0.2, 0.25) is 35.1 Å². The minimum absolute atomic E-state index is 0.0111. The molecule has 0 radical (unpaired) electrons. The predicted octanol–water partition coefficient (Wildman–Crippen LogP) is 2.14. The van der Waals surface area contributed by atoms with Gasteiger partial charge < -0.3 is 41.5 Å². The van der Waals surface area contributed by atoms with Crippen molar-refractivity contribution in [3.63, 3.8) is 0 Å². The number of carbonyl (C=O) groups excluding carboxylic acids is 6. The largest absolute Gasteiger partial charge is 0.481 e. The molecule has 0 aliphatic carbocycles. The fourth-order valence-electron chi connectivity index (χ4n) is 4.98. The summed E-state index contributed by atoms with van der Waals surface area (Å²) in [6, 6.07) is 8.18. The molecule has 5 amide bonds. The summed E-state index contributed by atoms with van der Waals surface area (Å²) in [6.45, 7) is 0.526. The molecule has 0 aliphatic heterocycles. The minimum Gasteiger partial charge on any atom is -0.481 e. The van der Waals surface area contributed by atoms with Crippen molar-refractivity contribution < 1.29 is 70.9 Å². The van der Waals surface area contributed by atoms with Crippen LogP contribution in [0.4, 0.5) is 17.6 Å². The SMILES string of the molecule is Cc1cccc(C(=O)NCCCCC(NC(=O)CNC(=O)C(CCC(=O)O)NC(=O)CNC(=O)c2cccc(C(=O)Oc3c(F)c(F)cc(F)c3F)c2)C(=O)O)c1. The first-order chi connectivity index (χ1) is 27.0. The third-order valence-corrected chi connectivity index (χ3v) is 7.88. The van der Waals surface area contributed by atoms with Gasteiger partial charge in [0.15, 0.2) is 11.6 Å². The quantitative estimate of drug-likeness (QED) is 0.0287. The number of aliphatic carboxylic acids is 2. The lowest BCUT2D eigenvalue weighted by molar-refractivity contribution is -0.142. The maximum Gasteiger partial charge on any atom is 0.343 e. The Labute approximate surface area is 321 Å². The Balaban J connectivity index is 1.49. The molecule has 0 aliphatic rings. The van der Waals surface area contributed by atoms with Crippen LogP contribution in [0.5, 0.6) is 5.75 Å². The molecule has 16 nitrogen and oxygen atoms in total. The van der Waals surface area contributed by atoms with E-state index in [1.165, 1.54) is 0 Å². The van der Waals surface area contributed by atoms with Crippen LogP contribution in [0.3, 0.4) is 0 Å². The summed E-state index contributed by atoms with van der Waals surface area (Å²) in [4.78, 5) is 98.3. The molecule has 0 saturated carbocycles. The monoisotopic (exact) mass is 803 g/mol. The Kier molecular flexibility index (Phi) is 16.6. The molecule has 2 unspecified atom stereocenters. The van der Waals surface area contributed by atoms with Crippen molar-refractivity contribution in [2.24, 2.45) is 0 Å². The molecule has 0 heterocycles. The van der Waals surface area contributed by atoms with Crippen molar-refractivity contribution in [3.8, 4) is 5.75 Å². The van der Waals surface area contributed by atoms with Crippen LogP contribution < -0.4 is 31.3 Å². The molecule has 0 spiro atoms. The Morgan fingerprint density at radius 3 is 1.84 bits per heavy atom. The second kappa shape index (κ2) is 21.3. The molecule has 7 N–H and O–H groups in total. The topological polar surface area (TPSA) is 246 Å². The van der Waals surface area contributed by atoms with Gasteiger partial charge >= 0.3 is 17.9 Å². The molecule has 57 heavy (non-hydrogen) atoms. The summed E-state index contributed by atoms with van der Waals surface area (Å²) < 4.78 is 59.3. The van der Waals surface area contributed by atoms with E-state index in [9.17, 15) is 61.0 Å². The molecule has 3 aromatic carbocycles. The first-order valence-electron chi connectivity index (χ1n) is 17.1. The van der Waals surface area contributed by atoms with Crippen molar-refractivity contribution in [1.29, 1.82) is 0 Å². The van der Waals surface area contributed by atoms with Crippen LogP contribution in [0.1, 0.15) is 68.7 Å². The van der Waals surface area contributed by atoms with Crippen molar-refractivity contribution in [3.05, 3.63) is 100 Å². The Morgan fingerprint density at radius 1 is 0.667 bits per heavy atom. The molecule has 20 heteroatoms. The summed E-state index contributed by atoms with van der Waals surface area (Å²) >= 11 is 0. The summed E-state index contributed by atoms with van der Waals surface area (Å²) in [6.07, 6.45) is -0.379. The first-order valence-corrected chi connectivity index (χ1v) is 17.1. The molecule has 0 aromatic heterocycles. The zero-order valence-corrected chi connectivity index (χ0v) is 30.1. The molecule has 0 bridgehead atoms. The molecule has 2 atom stereocenters. The van der Waals surface area contributed by atoms with Crippen molar-refractivity contribution in [1.82, 2.24) is 26.6 Å². The average molecular weight is 804 g/mol. The van der Waals surface area contributed by atoms with Crippen molar-refractivity contribution >= 4 is 47.4 Å². The predicted molar refractivity (Wildman–Crippen MR) is 189 cm³/mol. The number of carboxylic acids is 2. The van der Waals surface area contributed by atoms with E-state index in [0.29, 0.717) is 18.4 Å². The molecule has 304 valence electrons. The maximum atomic E-state index is 13.9. The van der Waals surface area contributed by atoms with Crippen LogP contribution >= 0.6 is 0 Å². The third kappa shape index (κ3) is 14.1. The second-order valence-corrected chi connectivity index (χ2v) is 12.3. The number of benzene rings is 3. The van der Waals surface area contributed by atoms with Gasteiger partial charge in [-0.05, 0) is 62.9 Å². The minimum atomic E-state index is -1.98. The average Bonchev–Trinajstić information content (AvgIpc) is 3.17. The van der Waals surface area contributed by atoms with Gasteiger partial charge in [-0.15, -0.1) is 0 Å². The van der Waals surface area contributed by atoms with Crippen LogP contribution in [0, 0.1) is 30.2 Å². The lowest BCUT2D eigenvalue weighted by Crippen LogP contribution is -2.52. The van der Waals surface area contributed by atoms with Crippen LogP contribution in [0.2, 0.25) is 0 Å². The number of nitrogens with one attached hydrogen (secondary N) is 5. The highest BCUT2D eigenvalue weighted by Gasteiger charge is 2.26. The number of rotatable bonds is 20. The molecule has 3 aromatic rings. The lowest BCUT2D eigenvalue weighted by Gasteiger charge is -2.19. The van der Waals surface area contributed by atoms with Crippen molar-refractivity contribution in [2.45, 2.75) is 51.1 Å². The van der Waals surface area contributed by atoms with Gasteiger partial charge in [-0.3, -0.25) is 28.8 Å². The number of halogens is 4. The fourth-order valence-corrected chi connectivity index (χ4v) is 4.98. The van der Waals surface area contributed by atoms with E-state index < -0.39 is 114 Å². The van der Waals surface area contributed by atoms with E-state index in [-0.39, 0.29) is 30.5 Å². The number of hydrogen-bond donors (Lipinski definition) is 7. The van der Waals surface area contributed by atoms with Gasteiger partial charge in [0.1, 0.15) is 12.1 Å². The number of carbonyl (C=O) groups is 8. The van der Waals surface area contributed by atoms with E-state index in [1.807, 2.05) is 13.0 Å². The van der Waals surface area contributed by atoms with Gasteiger partial charge in [-0.2, -0.15) is 8.78 Å². The zero-order chi connectivity index (χ0) is 42.2. The highest BCUT2D eigenvalue weighted by atomic mass is 19.2. The third-order valence-electron chi connectivity index (χ3n) is 7.88. The van der Waals surface area contributed by atoms with Crippen LogP contribution in [-0.4, -0.2) is 89.4 Å². The fraction of sp³-hybridized carbons (Fsp3) is 0.297. The lowest BCUT2D eigenvalue weighted by atomic mass is 10.1. The summed E-state index contributed by atoms with van der Waals surface area (Å²) in [5.41, 5.74) is 0.595. The molecule has 3 rings (SSSR count). The number of esters is 1. The highest BCUT2D eigenvalue weighted by Crippen LogP contribution is 2.27. The standard InChI is InChI=1S/C37H37F4N5O11/c1-19-6-4-7-20(14-19)33(51)42-13-3-2-10-26(36(54)55)46-28(48)18-44-35(53)25(11-12-29(49)50)45-27(47)17-43-34(52)21-8-5-9-22(15-21)37(56)57-32-30(40)23(38)16-24(39)31(32)41/h4-9,14-16,25-26H,2-3,10-13,17-18H2,1H3,(H,42,51)(H,43,52)(H,44,53)(H,45,47)(H,46,48)(H,49,50)(H,54,55). The molecule has 0 saturated heterocycles. The second-order valence-electron chi connectivity index (χ2n) is 12.3. The van der Waals surface area contributed by atoms with Crippen molar-refractivity contribution in [2.75, 3.05) is 19.6 Å². The zero-order valence-electron chi connectivity index (χ0n) is 30.1. The first kappa shape index (κ1) is 44.5. The van der Waals surface area contributed by atoms with Gasteiger partial charge in [-0.1, -0.05) is 23.8 Å².